The van der Waals surface area contributed by atoms with Gasteiger partial charge in [0.1, 0.15) is 5.82 Å². The number of pyridine rings is 1. The van der Waals surface area contributed by atoms with Crippen molar-refractivity contribution in [1.29, 1.82) is 0 Å². The molecule has 1 nitrogen and oxygen atoms in total. The van der Waals surface area contributed by atoms with E-state index in [1.807, 2.05) is 0 Å². The average Bonchev–Trinajstić information content (AvgIpc) is 2.01. The Morgan fingerprint density at radius 3 is 2.91 bits per heavy atom. The van der Waals surface area contributed by atoms with Crippen LogP contribution in [0.25, 0.3) is 0 Å². The smallest absolute Gasteiger partial charge is 0.141 e. The maximum absolute atomic E-state index is 12.5. The molecule has 0 saturated carbocycles. The molecule has 1 aromatic heterocycles. The highest BCUT2D eigenvalue weighted by atomic mass is 35.5. The molecule has 0 atom stereocenters. The minimum absolute atomic E-state index is 0.280. The van der Waals surface area contributed by atoms with Crippen LogP contribution in [-0.2, 0) is 6.42 Å². The fourth-order valence-corrected chi connectivity index (χ4v) is 0.997. The van der Waals surface area contributed by atoms with Crippen molar-refractivity contribution in [1.82, 2.24) is 4.98 Å². The molecule has 0 bridgehead atoms. The van der Waals surface area contributed by atoms with E-state index in [-0.39, 0.29) is 5.82 Å². The molecule has 0 aromatic carbocycles. The molecule has 0 aliphatic carbocycles. The molecule has 3 heteroatoms. The van der Waals surface area contributed by atoms with Crippen LogP contribution in [0.15, 0.2) is 18.5 Å². The van der Waals surface area contributed by atoms with Crippen LogP contribution in [0.2, 0.25) is 0 Å². The normalized spacial score (nSPS) is 10.0. The van der Waals surface area contributed by atoms with E-state index in [2.05, 4.69) is 4.98 Å². The van der Waals surface area contributed by atoms with Crippen LogP contribution >= 0.6 is 11.6 Å². The number of hydrogen-bond acceptors (Lipinski definition) is 1. The first kappa shape index (κ1) is 8.47. The highest BCUT2D eigenvalue weighted by Crippen LogP contribution is 2.04. The van der Waals surface area contributed by atoms with E-state index >= 15 is 0 Å². The lowest BCUT2D eigenvalue weighted by atomic mass is 10.2. The van der Waals surface area contributed by atoms with Gasteiger partial charge >= 0.3 is 0 Å². The molecular weight excluding hydrogens is 165 g/mol. The predicted octanol–water partition coefficient (Wildman–Crippen LogP) is 2.39. The fourth-order valence-electron chi connectivity index (χ4n) is 0.864. The van der Waals surface area contributed by atoms with Crippen LogP contribution in [0, 0.1) is 5.82 Å². The summed E-state index contributed by atoms with van der Waals surface area (Å²) >= 11 is 5.48. The van der Waals surface area contributed by atoms with Gasteiger partial charge in [0.2, 0.25) is 0 Å². The Morgan fingerprint density at radius 1 is 1.45 bits per heavy atom. The van der Waals surface area contributed by atoms with Crippen LogP contribution in [0.1, 0.15) is 12.0 Å². The Kier molecular flexibility index (Phi) is 3.30. The van der Waals surface area contributed by atoms with E-state index in [0.29, 0.717) is 5.88 Å². The largest absolute Gasteiger partial charge is 0.261 e. The van der Waals surface area contributed by atoms with Gasteiger partial charge in [0.25, 0.3) is 0 Å². The number of halogens is 2. The first-order chi connectivity index (χ1) is 5.33. The lowest BCUT2D eigenvalue weighted by Crippen LogP contribution is -1.88. The van der Waals surface area contributed by atoms with Gasteiger partial charge in [0, 0.05) is 12.1 Å². The fraction of sp³-hybridized carbons (Fsp3) is 0.375. The van der Waals surface area contributed by atoms with Gasteiger partial charge in [0.15, 0.2) is 0 Å². The number of nitrogens with zero attached hydrogens (tertiary/aromatic N) is 1. The van der Waals surface area contributed by atoms with E-state index in [9.17, 15) is 4.39 Å². The van der Waals surface area contributed by atoms with Gasteiger partial charge in [-0.3, -0.25) is 4.98 Å². The van der Waals surface area contributed by atoms with E-state index < -0.39 is 0 Å². The highest BCUT2D eigenvalue weighted by molar-refractivity contribution is 6.17. The molecule has 0 spiro atoms. The average molecular weight is 174 g/mol. The molecule has 0 amide bonds. The molecule has 11 heavy (non-hydrogen) atoms. The maximum Gasteiger partial charge on any atom is 0.141 e. The summed E-state index contributed by atoms with van der Waals surface area (Å²) in [4.78, 5) is 3.72. The minimum Gasteiger partial charge on any atom is -0.261 e. The van der Waals surface area contributed by atoms with Crippen molar-refractivity contribution in [3.05, 3.63) is 29.8 Å². The van der Waals surface area contributed by atoms with Gasteiger partial charge in [-0.05, 0) is 24.5 Å². The zero-order chi connectivity index (χ0) is 8.10. The van der Waals surface area contributed by atoms with Crippen LogP contribution < -0.4 is 0 Å². The van der Waals surface area contributed by atoms with Crippen LogP contribution in [0.5, 0.6) is 0 Å². The third kappa shape index (κ3) is 2.85. The van der Waals surface area contributed by atoms with Gasteiger partial charge in [-0.25, -0.2) is 4.39 Å². The molecule has 0 aliphatic rings. The van der Waals surface area contributed by atoms with Crippen LogP contribution in [-0.4, -0.2) is 10.9 Å². The summed E-state index contributed by atoms with van der Waals surface area (Å²) in [5.41, 5.74) is 0.908. The SMILES string of the molecule is Fc1cncc(CCCCl)c1. The summed E-state index contributed by atoms with van der Waals surface area (Å²) < 4.78 is 12.5. The number of alkyl halides is 1. The Labute approximate surface area is 70.2 Å². The van der Waals surface area contributed by atoms with E-state index in [0.717, 1.165) is 18.4 Å². The quantitative estimate of drug-likeness (QED) is 0.640. The zero-order valence-corrected chi connectivity index (χ0v) is 6.81. The molecule has 1 heterocycles. The molecule has 0 radical (unpaired) electrons. The Balaban J connectivity index is 2.56. The Hall–Kier alpha value is -0.630. The topological polar surface area (TPSA) is 12.9 Å². The summed E-state index contributed by atoms with van der Waals surface area (Å²) in [6.07, 6.45) is 4.53. The second kappa shape index (κ2) is 4.29. The van der Waals surface area contributed by atoms with Crippen LogP contribution in [0.4, 0.5) is 4.39 Å². The third-order valence-corrected chi connectivity index (χ3v) is 1.63. The highest BCUT2D eigenvalue weighted by Gasteiger charge is 1.94. The molecule has 0 saturated heterocycles. The molecular formula is C8H9ClFN. The van der Waals surface area contributed by atoms with Gasteiger partial charge in [-0.1, -0.05) is 0 Å². The van der Waals surface area contributed by atoms with Gasteiger partial charge < -0.3 is 0 Å². The van der Waals surface area contributed by atoms with Gasteiger partial charge in [-0.15, -0.1) is 11.6 Å². The van der Waals surface area contributed by atoms with Crippen molar-refractivity contribution >= 4 is 11.6 Å². The second-order valence-electron chi connectivity index (χ2n) is 2.30. The van der Waals surface area contributed by atoms with Gasteiger partial charge in [-0.2, -0.15) is 0 Å². The standard InChI is InChI=1S/C8H9ClFN/c9-3-1-2-7-4-8(10)6-11-5-7/h4-6H,1-3H2. The van der Waals surface area contributed by atoms with Crippen LogP contribution in [0.3, 0.4) is 0 Å². The predicted molar refractivity (Wildman–Crippen MR) is 43.2 cm³/mol. The van der Waals surface area contributed by atoms with Crippen molar-refractivity contribution in [3.63, 3.8) is 0 Å². The van der Waals surface area contributed by atoms with Crippen molar-refractivity contribution in [3.8, 4) is 0 Å². The Morgan fingerprint density at radius 2 is 2.27 bits per heavy atom. The summed E-state index contributed by atoms with van der Waals surface area (Å²) in [6, 6.07) is 1.49. The molecule has 1 rings (SSSR count). The van der Waals surface area contributed by atoms with Crippen molar-refractivity contribution in [2.24, 2.45) is 0 Å². The van der Waals surface area contributed by atoms with E-state index in [4.69, 9.17) is 11.6 Å². The number of rotatable bonds is 3. The first-order valence-corrected chi connectivity index (χ1v) is 4.02. The number of aromatic nitrogens is 1. The minimum atomic E-state index is -0.280. The van der Waals surface area contributed by atoms with Crippen molar-refractivity contribution < 1.29 is 4.39 Å². The maximum atomic E-state index is 12.5. The van der Waals surface area contributed by atoms with E-state index in [1.165, 1.54) is 12.3 Å². The lowest BCUT2D eigenvalue weighted by Gasteiger charge is -1.96. The molecule has 0 fully saturated rings. The van der Waals surface area contributed by atoms with E-state index in [1.54, 1.807) is 6.20 Å². The third-order valence-electron chi connectivity index (χ3n) is 1.36. The zero-order valence-electron chi connectivity index (χ0n) is 6.06. The summed E-state index contributed by atoms with van der Waals surface area (Å²) in [7, 11) is 0. The molecule has 1 aromatic rings. The first-order valence-electron chi connectivity index (χ1n) is 3.48. The summed E-state index contributed by atoms with van der Waals surface area (Å²) in [5, 5.41) is 0. The summed E-state index contributed by atoms with van der Waals surface area (Å²) in [6.45, 7) is 0. The second-order valence-corrected chi connectivity index (χ2v) is 2.68. The molecule has 0 aliphatic heterocycles. The molecule has 60 valence electrons. The molecule has 0 unspecified atom stereocenters. The van der Waals surface area contributed by atoms with Crippen molar-refractivity contribution in [2.75, 3.05) is 5.88 Å². The number of aryl methyl sites for hydroxylation is 1. The van der Waals surface area contributed by atoms with Gasteiger partial charge in [0.05, 0.1) is 6.20 Å². The molecule has 0 N–H and O–H groups in total. The number of hydrogen-bond donors (Lipinski definition) is 0. The van der Waals surface area contributed by atoms with Crippen molar-refractivity contribution in [2.45, 2.75) is 12.8 Å². The summed E-state index contributed by atoms with van der Waals surface area (Å²) in [5.74, 6) is 0.327. The monoisotopic (exact) mass is 173 g/mol. The lowest BCUT2D eigenvalue weighted by molar-refractivity contribution is 0.618. The Bertz CT molecular complexity index is 227.